The van der Waals surface area contributed by atoms with Gasteiger partial charge < -0.3 is 11.1 Å². The molecule has 3 N–H and O–H groups in total. The van der Waals surface area contributed by atoms with Gasteiger partial charge >= 0.3 is 0 Å². The number of ketones is 1. The first-order valence-corrected chi connectivity index (χ1v) is 6.22. The lowest BCUT2D eigenvalue weighted by Crippen LogP contribution is -2.53. The second-order valence-corrected chi connectivity index (χ2v) is 5.24. The van der Waals surface area contributed by atoms with Crippen molar-refractivity contribution in [3.63, 3.8) is 0 Å². The molecule has 1 heterocycles. The van der Waals surface area contributed by atoms with Crippen LogP contribution in [0.1, 0.15) is 39.5 Å². The molecule has 1 saturated carbocycles. The fraction of sp³-hybridized carbons (Fsp3) is 0.615. The Kier molecular flexibility index (Phi) is 3.00. The summed E-state index contributed by atoms with van der Waals surface area (Å²) in [5.74, 6) is -2.00. The molecule has 5 heteroatoms. The normalized spacial score (nSPS) is 26.3. The van der Waals surface area contributed by atoms with E-state index in [-0.39, 0.29) is 11.7 Å². The third-order valence-corrected chi connectivity index (χ3v) is 4.13. The third-order valence-electron chi connectivity index (χ3n) is 4.13. The van der Waals surface area contributed by atoms with E-state index in [1.54, 1.807) is 6.92 Å². The smallest absolute Gasteiger partial charge is 0.237 e. The van der Waals surface area contributed by atoms with Gasteiger partial charge in [0.15, 0.2) is 5.78 Å². The average Bonchev–Trinajstić information content (AvgIpc) is 2.64. The Morgan fingerprint density at radius 1 is 1.33 bits per heavy atom. The van der Waals surface area contributed by atoms with Crippen molar-refractivity contribution < 1.29 is 14.4 Å². The van der Waals surface area contributed by atoms with Crippen molar-refractivity contribution in [2.75, 3.05) is 0 Å². The molecule has 0 bridgehead atoms. The summed E-state index contributed by atoms with van der Waals surface area (Å²) in [7, 11) is 0. The average molecular weight is 250 g/mol. The Morgan fingerprint density at radius 2 is 1.89 bits per heavy atom. The third kappa shape index (κ3) is 1.65. The minimum Gasteiger partial charge on any atom is -0.369 e. The van der Waals surface area contributed by atoms with Crippen molar-refractivity contribution >= 4 is 17.6 Å². The van der Waals surface area contributed by atoms with Gasteiger partial charge in [-0.2, -0.15) is 0 Å². The van der Waals surface area contributed by atoms with Gasteiger partial charge in [0, 0.05) is 16.7 Å². The number of allylic oxidation sites excluding steroid dienone is 2. The summed E-state index contributed by atoms with van der Waals surface area (Å²) in [6.07, 6.45) is 3.20. The van der Waals surface area contributed by atoms with Crippen LogP contribution in [0.5, 0.6) is 0 Å². The summed E-state index contributed by atoms with van der Waals surface area (Å²) in [6, 6.07) is 0. The quantitative estimate of drug-likeness (QED) is 0.705. The Bertz CT molecular complexity index is 459. The largest absolute Gasteiger partial charge is 0.369 e. The molecular weight excluding hydrogens is 232 g/mol. The van der Waals surface area contributed by atoms with Gasteiger partial charge in [-0.1, -0.05) is 12.8 Å². The molecular formula is C13H18N2O3. The van der Waals surface area contributed by atoms with E-state index in [2.05, 4.69) is 5.32 Å². The van der Waals surface area contributed by atoms with Gasteiger partial charge in [-0.25, -0.2) is 0 Å². The number of primary amides is 1. The van der Waals surface area contributed by atoms with Crippen molar-refractivity contribution in [2.45, 2.75) is 39.5 Å². The number of rotatable bonds is 2. The van der Waals surface area contributed by atoms with Gasteiger partial charge in [-0.05, 0) is 26.7 Å². The van der Waals surface area contributed by atoms with Gasteiger partial charge in [-0.15, -0.1) is 0 Å². The van der Waals surface area contributed by atoms with Crippen LogP contribution in [0.3, 0.4) is 0 Å². The SMILES string of the molecule is CC(=O)C1=C(C)NC(=O)C(C(N)=O)C12CCCC2. The van der Waals surface area contributed by atoms with E-state index in [9.17, 15) is 14.4 Å². The number of hydrogen-bond donors (Lipinski definition) is 2. The Hall–Kier alpha value is -1.65. The fourth-order valence-electron chi connectivity index (χ4n) is 3.65. The molecule has 1 aliphatic heterocycles. The van der Waals surface area contributed by atoms with Crippen molar-refractivity contribution in [2.24, 2.45) is 17.1 Å². The minimum absolute atomic E-state index is 0.0827. The first kappa shape index (κ1) is 12.8. The molecule has 98 valence electrons. The zero-order chi connectivity index (χ0) is 13.5. The van der Waals surface area contributed by atoms with Gasteiger partial charge in [0.2, 0.25) is 11.8 Å². The van der Waals surface area contributed by atoms with Gasteiger partial charge in [0.1, 0.15) is 5.92 Å². The van der Waals surface area contributed by atoms with Crippen LogP contribution < -0.4 is 11.1 Å². The molecule has 5 nitrogen and oxygen atoms in total. The molecule has 2 rings (SSSR count). The zero-order valence-electron chi connectivity index (χ0n) is 10.7. The van der Waals surface area contributed by atoms with E-state index < -0.39 is 17.2 Å². The van der Waals surface area contributed by atoms with E-state index in [0.717, 1.165) is 12.8 Å². The lowest BCUT2D eigenvalue weighted by molar-refractivity contribution is -0.139. The molecule has 1 unspecified atom stereocenters. The molecule has 18 heavy (non-hydrogen) atoms. The summed E-state index contributed by atoms with van der Waals surface area (Å²) in [5, 5.41) is 2.61. The molecule has 1 spiro atoms. The summed E-state index contributed by atoms with van der Waals surface area (Å²) in [4.78, 5) is 35.5. The highest BCUT2D eigenvalue weighted by Crippen LogP contribution is 2.52. The molecule has 1 atom stereocenters. The Balaban J connectivity index is 2.62. The number of carbonyl (C=O) groups is 3. The van der Waals surface area contributed by atoms with Gasteiger partial charge in [0.05, 0.1) is 0 Å². The number of amides is 2. The predicted octanol–water partition coefficient (Wildman–Crippen LogP) is 0.641. The second-order valence-electron chi connectivity index (χ2n) is 5.24. The maximum Gasteiger partial charge on any atom is 0.237 e. The fourth-order valence-corrected chi connectivity index (χ4v) is 3.65. The van der Waals surface area contributed by atoms with Crippen molar-refractivity contribution in [3.05, 3.63) is 11.3 Å². The summed E-state index contributed by atoms with van der Waals surface area (Å²) in [5.41, 5.74) is 5.89. The molecule has 0 aromatic heterocycles. The lowest BCUT2D eigenvalue weighted by Gasteiger charge is -2.40. The van der Waals surface area contributed by atoms with Crippen molar-refractivity contribution in [1.82, 2.24) is 5.32 Å². The highest BCUT2D eigenvalue weighted by Gasteiger charge is 2.54. The van der Waals surface area contributed by atoms with Crippen LogP contribution in [0.15, 0.2) is 11.3 Å². The lowest BCUT2D eigenvalue weighted by atomic mass is 9.64. The van der Waals surface area contributed by atoms with Crippen molar-refractivity contribution in [1.29, 1.82) is 0 Å². The van der Waals surface area contributed by atoms with Crippen LogP contribution in [0, 0.1) is 11.3 Å². The van der Waals surface area contributed by atoms with E-state index in [4.69, 9.17) is 5.73 Å². The number of carbonyl (C=O) groups excluding carboxylic acids is 3. The molecule has 2 aliphatic rings. The maximum atomic E-state index is 12.0. The van der Waals surface area contributed by atoms with E-state index in [1.807, 2.05) is 0 Å². The standard InChI is InChI=1S/C13H18N2O3/c1-7-9(8(2)16)13(5-3-4-6-13)10(11(14)17)12(18)15-7/h10H,3-6H2,1-2H3,(H2,14,17)(H,15,18). The molecule has 0 aromatic rings. The summed E-state index contributed by atoms with van der Waals surface area (Å²) in [6.45, 7) is 3.19. The monoisotopic (exact) mass is 250 g/mol. The van der Waals surface area contributed by atoms with Crippen LogP contribution in [0.4, 0.5) is 0 Å². The molecule has 0 radical (unpaired) electrons. The van der Waals surface area contributed by atoms with Crippen LogP contribution >= 0.6 is 0 Å². The highest BCUT2D eigenvalue weighted by molar-refractivity contribution is 6.07. The Morgan fingerprint density at radius 3 is 2.33 bits per heavy atom. The number of nitrogens with two attached hydrogens (primary N) is 1. The molecule has 0 saturated heterocycles. The first-order chi connectivity index (χ1) is 8.40. The van der Waals surface area contributed by atoms with Crippen LogP contribution in [-0.2, 0) is 14.4 Å². The molecule has 1 fully saturated rings. The van der Waals surface area contributed by atoms with Crippen LogP contribution in [0.25, 0.3) is 0 Å². The van der Waals surface area contributed by atoms with Crippen LogP contribution in [0.2, 0.25) is 0 Å². The summed E-state index contributed by atoms with van der Waals surface area (Å²) >= 11 is 0. The number of hydrogen-bond acceptors (Lipinski definition) is 3. The molecule has 1 aliphatic carbocycles. The van der Waals surface area contributed by atoms with E-state index >= 15 is 0 Å². The van der Waals surface area contributed by atoms with Crippen LogP contribution in [-0.4, -0.2) is 17.6 Å². The predicted molar refractivity (Wildman–Crippen MR) is 65.1 cm³/mol. The zero-order valence-corrected chi connectivity index (χ0v) is 10.7. The minimum atomic E-state index is -0.914. The maximum absolute atomic E-state index is 12.0. The summed E-state index contributed by atoms with van der Waals surface area (Å²) < 4.78 is 0. The van der Waals surface area contributed by atoms with E-state index in [1.165, 1.54) is 6.92 Å². The first-order valence-electron chi connectivity index (χ1n) is 6.22. The molecule has 0 aromatic carbocycles. The van der Waals surface area contributed by atoms with Crippen molar-refractivity contribution in [3.8, 4) is 0 Å². The highest BCUT2D eigenvalue weighted by atomic mass is 16.2. The van der Waals surface area contributed by atoms with Gasteiger partial charge in [0.25, 0.3) is 0 Å². The Labute approximate surface area is 106 Å². The molecule has 2 amide bonds. The second kappa shape index (κ2) is 4.23. The number of Topliss-reactive ketones (excluding diaryl/α,β-unsaturated/α-hetero) is 1. The topological polar surface area (TPSA) is 89.3 Å². The van der Waals surface area contributed by atoms with Gasteiger partial charge in [-0.3, -0.25) is 14.4 Å². The van der Waals surface area contributed by atoms with E-state index in [0.29, 0.717) is 24.1 Å². The number of nitrogens with one attached hydrogen (secondary N) is 1.